The molecule has 2 aromatic heterocycles. The Morgan fingerprint density at radius 3 is 2.58 bits per heavy atom. The number of phenols is 1. The number of pyridine rings is 1. The molecule has 4 rings (SSSR count). The SMILES string of the molecule is CCC(C)NC(=O)n1nc(-c2ccc(NC(=O)c3ccncc3)cc2O)cc1C1CC1. The number of hydrogen-bond acceptors (Lipinski definition) is 5. The number of rotatable bonds is 6. The van der Waals surface area contributed by atoms with Gasteiger partial charge in [0, 0.05) is 47.2 Å². The van der Waals surface area contributed by atoms with Crippen LogP contribution in [0.3, 0.4) is 0 Å². The number of benzene rings is 1. The summed E-state index contributed by atoms with van der Waals surface area (Å²) < 4.78 is 1.41. The van der Waals surface area contributed by atoms with E-state index in [0.717, 1.165) is 25.0 Å². The molecule has 1 saturated carbocycles. The van der Waals surface area contributed by atoms with Crippen molar-refractivity contribution in [2.45, 2.75) is 45.1 Å². The number of aromatic hydroxyl groups is 1. The summed E-state index contributed by atoms with van der Waals surface area (Å²) in [6, 6.07) is 9.73. The van der Waals surface area contributed by atoms with Crippen LogP contribution in [0.1, 0.15) is 55.1 Å². The number of nitrogens with one attached hydrogen (secondary N) is 2. The van der Waals surface area contributed by atoms with E-state index < -0.39 is 0 Å². The van der Waals surface area contributed by atoms with Gasteiger partial charge in [-0.1, -0.05) is 6.92 Å². The van der Waals surface area contributed by atoms with Crippen molar-refractivity contribution in [1.29, 1.82) is 0 Å². The van der Waals surface area contributed by atoms with Crippen LogP contribution in [0.15, 0.2) is 48.8 Å². The zero-order valence-corrected chi connectivity index (χ0v) is 17.5. The Morgan fingerprint density at radius 2 is 1.94 bits per heavy atom. The van der Waals surface area contributed by atoms with E-state index in [0.29, 0.717) is 28.4 Å². The van der Waals surface area contributed by atoms with Gasteiger partial charge in [-0.25, -0.2) is 4.79 Å². The van der Waals surface area contributed by atoms with E-state index in [1.54, 1.807) is 36.7 Å². The van der Waals surface area contributed by atoms with Crippen LogP contribution in [-0.2, 0) is 0 Å². The van der Waals surface area contributed by atoms with Crippen molar-refractivity contribution in [2.24, 2.45) is 0 Å². The highest BCUT2D eigenvalue weighted by Gasteiger charge is 2.31. The number of carbonyl (C=O) groups is 2. The normalized spacial score (nSPS) is 14.1. The molecule has 1 unspecified atom stereocenters. The van der Waals surface area contributed by atoms with Crippen molar-refractivity contribution in [1.82, 2.24) is 20.1 Å². The molecule has 160 valence electrons. The maximum Gasteiger partial charge on any atom is 0.342 e. The minimum Gasteiger partial charge on any atom is -0.507 e. The number of nitrogens with zero attached hydrogens (tertiary/aromatic N) is 3. The monoisotopic (exact) mass is 419 g/mol. The van der Waals surface area contributed by atoms with Gasteiger partial charge in [-0.05, 0) is 56.5 Å². The van der Waals surface area contributed by atoms with Gasteiger partial charge in [0.15, 0.2) is 0 Å². The summed E-state index contributed by atoms with van der Waals surface area (Å²) in [6.45, 7) is 3.96. The van der Waals surface area contributed by atoms with Crippen LogP contribution >= 0.6 is 0 Å². The van der Waals surface area contributed by atoms with E-state index in [4.69, 9.17) is 0 Å². The summed E-state index contributed by atoms with van der Waals surface area (Å²) in [5, 5.41) is 20.8. The lowest BCUT2D eigenvalue weighted by molar-refractivity contribution is 0.102. The fraction of sp³-hybridized carbons (Fsp3) is 0.304. The Bertz CT molecular complexity index is 1110. The van der Waals surface area contributed by atoms with Crippen LogP contribution in [0.4, 0.5) is 10.5 Å². The van der Waals surface area contributed by atoms with E-state index in [1.165, 1.54) is 10.7 Å². The van der Waals surface area contributed by atoms with Crippen molar-refractivity contribution < 1.29 is 14.7 Å². The van der Waals surface area contributed by atoms with Crippen molar-refractivity contribution >= 4 is 17.6 Å². The van der Waals surface area contributed by atoms with Gasteiger partial charge in [-0.15, -0.1) is 0 Å². The summed E-state index contributed by atoms with van der Waals surface area (Å²) in [4.78, 5) is 28.9. The number of anilines is 1. The van der Waals surface area contributed by atoms with Gasteiger partial charge in [0.25, 0.3) is 5.91 Å². The van der Waals surface area contributed by atoms with Crippen LogP contribution in [0.5, 0.6) is 5.75 Å². The molecule has 0 aliphatic heterocycles. The smallest absolute Gasteiger partial charge is 0.342 e. The summed E-state index contributed by atoms with van der Waals surface area (Å²) in [5.74, 6) is -0.0107. The summed E-state index contributed by atoms with van der Waals surface area (Å²) >= 11 is 0. The first-order valence-electron chi connectivity index (χ1n) is 10.4. The molecule has 3 aromatic rings. The maximum atomic E-state index is 12.7. The molecule has 0 bridgehead atoms. The molecule has 1 atom stereocenters. The van der Waals surface area contributed by atoms with Crippen molar-refractivity contribution in [3.63, 3.8) is 0 Å². The second-order valence-corrected chi connectivity index (χ2v) is 7.82. The standard InChI is InChI=1S/C23H25N5O3/c1-3-14(2)25-23(31)28-20(15-4-5-15)13-19(27-28)18-7-6-17(12-21(18)29)26-22(30)16-8-10-24-11-9-16/h6-15,29H,3-5H2,1-2H3,(H,25,31)(H,26,30). The lowest BCUT2D eigenvalue weighted by Gasteiger charge is -2.12. The molecule has 0 spiro atoms. The van der Waals surface area contributed by atoms with Gasteiger partial charge in [0.1, 0.15) is 5.75 Å². The van der Waals surface area contributed by atoms with E-state index in [2.05, 4.69) is 20.7 Å². The summed E-state index contributed by atoms with van der Waals surface area (Å²) in [6.07, 6.45) is 5.95. The first kappa shape index (κ1) is 20.6. The highest BCUT2D eigenvalue weighted by atomic mass is 16.3. The topological polar surface area (TPSA) is 109 Å². The van der Waals surface area contributed by atoms with Gasteiger partial charge >= 0.3 is 6.03 Å². The molecule has 1 fully saturated rings. The maximum absolute atomic E-state index is 12.7. The van der Waals surface area contributed by atoms with Crippen LogP contribution < -0.4 is 10.6 Å². The second kappa shape index (κ2) is 8.59. The van der Waals surface area contributed by atoms with Crippen LogP contribution in [-0.4, -0.2) is 37.9 Å². The second-order valence-electron chi connectivity index (χ2n) is 7.82. The Morgan fingerprint density at radius 1 is 1.19 bits per heavy atom. The first-order chi connectivity index (χ1) is 15.0. The quantitative estimate of drug-likeness (QED) is 0.556. The lowest BCUT2D eigenvalue weighted by atomic mass is 10.1. The highest BCUT2D eigenvalue weighted by Crippen LogP contribution is 2.42. The average Bonchev–Trinajstić information content (AvgIpc) is 3.52. The predicted molar refractivity (Wildman–Crippen MR) is 117 cm³/mol. The van der Waals surface area contributed by atoms with Crippen LogP contribution in [0, 0.1) is 0 Å². The third-order valence-corrected chi connectivity index (χ3v) is 5.38. The number of hydrogen-bond donors (Lipinski definition) is 3. The van der Waals surface area contributed by atoms with E-state index in [9.17, 15) is 14.7 Å². The Kier molecular flexibility index (Phi) is 5.70. The van der Waals surface area contributed by atoms with Gasteiger partial charge < -0.3 is 15.7 Å². The molecule has 0 radical (unpaired) electrons. The predicted octanol–water partition coefficient (Wildman–Crippen LogP) is 4.14. The number of phenolic OH excluding ortho intramolecular Hbond substituents is 1. The minimum absolute atomic E-state index is 0.0261. The molecular formula is C23H25N5O3. The van der Waals surface area contributed by atoms with E-state index >= 15 is 0 Å². The molecule has 31 heavy (non-hydrogen) atoms. The molecule has 3 N–H and O–H groups in total. The lowest BCUT2D eigenvalue weighted by Crippen LogP contribution is -2.36. The molecule has 8 heteroatoms. The highest BCUT2D eigenvalue weighted by molar-refractivity contribution is 6.04. The van der Waals surface area contributed by atoms with Crippen molar-refractivity contribution in [2.75, 3.05) is 5.32 Å². The number of carbonyl (C=O) groups excluding carboxylic acids is 2. The van der Waals surface area contributed by atoms with Gasteiger partial charge in [-0.3, -0.25) is 9.78 Å². The average molecular weight is 419 g/mol. The molecule has 0 saturated heterocycles. The molecule has 2 heterocycles. The van der Waals surface area contributed by atoms with Crippen LogP contribution in [0.2, 0.25) is 0 Å². The third kappa shape index (κ3) is 4.58. The fourth-order valence-corrected chi connectivity index (χ4v) is 3.27. The van der Waals surface area contributed by atoms with Crippen molar-refractivity contribution in [3.05, 3.63) is 60.0 Å². The Hall–Kier alpha value is -3.68. The first-order valence-corrected chi connectivity index (χ1v) is 10.4. The molecule has 1 aliphatic rings. The Labute approximate surface area is 180 Å². The molecule has 8 nitrogen and oxygen atoms in total. The van der Waals surface area contributed by atoms with Gasteiger partial charge in [0.2, 0.25) is 0 Å². The van der Waals surface area contributed by atoms with E-state index in [-0.39, 0.29) is 23.7 Å². The number of aromatic nitrogens is 3. The zero-order valence-electron chi connectivity index (χ0n) is 17.5. The fourth-order valence-electron chi connectivity index (χ4n) is 3.27. The summed E-state index contributed by atoms with van der Waals surface area (Å²) in [7, 11) is 0. The molecule has 1 aliphatic carbocycles. The molecular weight excluding hydrogens is 394 g/mol. The Balaban J connectivity index is 1.57. The minimum atomic E-state index is -0.295. The van der Waals surface area contributed by atoms with Gasteiger partial charge in [-0.2, -0.15) is 9.78 Å². The number of amides is 2. The van der Waals surface area contributed by atoms with E-state index in [1.807, 2.05) is 19.9 Å². The zero-order chi connectivity index (χ0) is 22.0. The largest absolute Gasteiger partial charge is 0.507 e. The summed E-state index contributed by atoms with van der Waals surface area (Å²) in [5.41, 5.74) is 2.80. The van der Waals surface area contributed by atoms with Gasteiger partial charge in [0.05, 0.1) is 11.4 Å². The third-order valence-electron chi connectivity index (χ3n) is 5.38. The molecule has 2 amide bonds. The van der Waals surface area contributed by atoms with Crippen LogP contribution in [0.25, 0.3) is 11.3 Å². The van der Waals surface area contributed by atoms with Crippen molar-refractivity contribution in [3.8, 4) is 17.0 Å². The molecule has 1 aromatic carbocycles.